The molecule has 0 unspecified atom stereocenters. The number of hydrogen-bond donors (Lipinski definition) is 1. The van der Waals surface area contributed by atoms with Crippen molar-refractivity contribution in [2.24, 2.45) is 7.05 Å². The summed E-state index contributed by atoms with van der Waals surface area (Å²) >= 11 is 6.45. The van der Waals surface area contributed by atoms with E-state index < -0.39 is 0 Å². The number of aryl methyl sites for hydroxylation is 2. The van der Waals surface area contributed by atoms with Crippen LogP contribution in [0.5, 0.6) is 0 Å². The first-order chi connectivity index (χ1) is 11.6. The predicted molar refractivity (Wildman–Crippen MR) is 94.2 cm³/mol. The Balaban J connectivity index is 1.98. The van der Waals surface area contributed by atoms with Crippen LogP contribution in [0.25, 0.3) is 33.4 Å². The number of H-pyrrole nitrogens is 1. The van der Waals surface area contributed by atoms with Gasteiger partial charge in [0.25, 0.3) is 5.56 Å². The van der Waals surface area contributed by atoms with Gasteiger partial charge in [-0.3, -0.25) is 4.79 Å². The van der Waals surface area contributed by atoms with E-state index in [0.717, 1.165) is 27.6 Å². The fourth-order valence-corrected chi connectivity index (χ4v) is 3.11. The van der Waals surface area contributed by atoms with Gasteiger partial charge in [-0.1, -0.05) is 35.0 Å². The number of fused-ring (bicyclic) bond motifs is 1. The van der Waals surface area contributed by atoms with E-state index in [1.54, 1.807) is 25.6 Å². The molecule has 0 fully saturated rings. The molecule has 1 aromatic carbocycles. The Bertz CT molecular complexity index is 1120. The predicted octanol–water partition coefficient (Wildman–Crippen LogP) is 4.15. The molecule has 4 aromatic rings. The maximum absolute atomic E-state index is 12.2. The number of aromatic nitrogens is 3. The van der Waals surface area contributed by atoms with Gasteiger partial charge in [-0.05, 0) is 18.6 Å². The molecule has 0 atom stereocenters. The molecule has 0 bridgehead atoms. The zero-order valence-corrected chi connectivity index (χ0v) is 13.9. The SMILES string of the molecule is Cc1cccc(-c2cnoc2-c2c[nH]c3c(=O)n(C)ccc23)c1Cl. The fraction of sp³-hybridized carbons (Fsp3) is 0.111. The van der Waals surface area contributed by atoms with Crippen LogP contribution < -0.4 is 5.56 Å². The number of aromatic amines is 1. The Hall–Kier alpha value is -2.79. The summed E-state index contributed by atoms with van der Waals surface area (Å²) in [5.41, 5.74) is 3.86. The second-order valence-corrected chi connectivity index (χ2v) is 6.11. The second kappa shape index (κ2) is 5.39. The smallest absolute Gasteiger partial charge is 0.274 e. The molecule has 0 saturated carbocycles. The van der Waals surface area contributed by atoms with Crippen LogP contribution in [0.2, 0.25) is 5.02 Å². The first kappa shape index (κ1) is 14.8. The molecule has 0 aliphatic heterocycles. The average Bonchev–Trinajstić information content (AvgIpc) is 3.20. The molecule has 0 aliphatic carbocycles. The Kier molecular flexibility index (Phi) is 3.32. The van der Waals surface area contributed by atoms with Gasteiger partial charge in [0, 0.05) is 36.0 Å². The highest BCUT2D eigenvalue weighted by molar-refractivity contribution is 6.34. The average molecular weight is 340 g/mol. The summed E-state index contributed by atoms with van der Waals surface area (Å²) in [6.45, 7) is 1.95. The second-order valence-electron chi connectivity index (χ2n) is 5.73. The quantitative estimate of drug-likeness (QED) is 0.596. The Morgan fingerprint density at radius 1 is 1.21 bits per heavy atom. The first-order valence-corrected chi connectivity index (χ1v) is 7.83. The van der Waals surface area contributed by atoms with Crippen molar-refractivity contribution < 1.29 is 4.52 Å². The number of pyridine rings is 1. The van der Waals surface area contributed by atoms with E-state index in [1.807, 2.05) is 31.2 Å². The highest BCUT2D eigenvalue weighted by atomic mass is 35.5. The van der Waals surface area contributed by atoms with Crippen LogP contribution in [0.3, 0.4) is 0 Å². The van der Waals surface area contributed by atoms with Crippen LogP contribution >= 0.6 is 11.6 Å². The number of benzene rings is 1. The zero-order valence-electron chi connectivity index (χ0n) is 13.1. The molecule has 4 rings (SSSR count). The third kappa shape index (κ3) is 2.09. The Morgan fingerprint density at radius 2 is 2.04 bits per heavy atom. The minimum atomic E-state index is -0.0894. The monoisotopic (exact) mass is 339 g/mol. The lowest BCUT2D eigenvalue weighted by Crippen LogP contribution is -2.15. The molecule has 0 aliphatic rings. The minimum Gasteiger partial charge on any atom is -0.356 e. The Labute approximate surface area is 142 Å². The lowest BCUT2D eigenvalue weighted by molar-refractivity contribution is 0.433. The summed E-state index contributed by atoms with van der Waals surface area (Å²) in [5.74, 6) is 0.585. The molecule has 1 N–H and O–H groups in total. The van der Waals surface area contributed by atoms with E-state index in [1.165, 1.54) is 4.57 Å². The maximum Gasteiger partial charge on any atom is 0.274 e. The van der Waals surface area contributed by atoms with Gasteiger partial charge in [-0.15, -0.1) is 0 Å². The number of nitrogens with zero attached hydrogens (tertiary/aromatic N) is 2. The minimum absolute atomic E-state index is 0.0894. The van der Waals surface area contributed by atoms with E-state index in [4.69, 9.17) is 16.1 Å². The van der Waals surface area contributed by atoms with Crippen LogP contribution in [-0.4, -0.2) is 14.7 Å². The van der Waals surface area contributed by atoms with E-state index in [0.29, 0.717) is 16.3 Å². The van der Waals surface area contributed by atoms with E-state index in [2.05, 4.69) is 10.1 Å². The van der Waals surface area contributed by atoms with Crippen molar-refractivity contribution in [2.75, 3.05) is 0 Å². The first-order valence-electron chi connectivity index (χ1n) is 7.45. The number of rotatable bonds is 2. The van der Waals surface area contributed by atoms with Crippen LogP contribution in [0.4, 0.5) is 0 Å². The molecular weight excluding hydrogens is 326 g/mol. The van der Waals surface area contributed by atoms with Gasteiger partial charge in [-0.25, -0.2) is 0 Å². The standard InChI is InChI=1S/C18H14ClN3O2/c1-10-4-3-5-11(15(10)19)14-9-21-24-17(14)13-8-20-16-12(13)6-7-22(2)18(16)23/h3-9,20H,1-2H3. The van der Waals surface area contributed by atoms with Gasteiger partial charge >= 0.3 is 0 Å². The summed E-state index contributed by atoms with van der Waals surface area (Å²) in [7, 11) is 1.72. The lowest BCUT2D eigenvalue weighted by Gasteiger charge is -2.06. The molecule has 0 spiro atoms. The third-order valence-electron chi connectivity index (χ3n) is 4.22. The molecule has 3 aromatic heterocycles. The molecule has 24 heavy (non-hydrogen) atoms. The summed E-state index contributed by atoms with van der Waals surface area (Å²) in [5, 5.41) is 5.40. The van der Waals surface area contributed by atoms with Crippen molar-refractivity contribution in [1.29, 1.82) is 0 Å². The van der Waals surface area contributed by atoms with E-state index in [9.17, 15) is 4.79 Å². The topological polar surface area (TPSA) is 63.8 Å². The van der Waals surface area contributed by atoms with Crippen molar-refractivity contribution in [3.05, 3.63) is 63.8 Å². The van der Waals surface area contributed by atoms with Gasteiger partial charge in [-0.2, -0.15) is 0 Å². The normalized spacial score (nSPS) is 11.3. The van der Waals surface area contributed by atoms with Gasteiger partial charge < -0.3 is 14.1 Å². The molecule has 0 saturated heterocycles. The highest BCUT2D eigenvalue weighted by Crippen LogP contribution is 2.39. The molecular formula is C18H14ClN3O2. The summed E-state index contributed by atoms with van der Waals surface area (Å²) < 4.78 is 7.03. The molecule has 0 amide bonds. The van der Waals surface area contributed by atoms with Crippen molar-refractivity contribution in [2.45, 2.75) is 6.92 Å². The molecule has 5 nitrogen and oxygen atoms in total. The third-order valence-corrected chi connectivity index (χ3v) is 4.72. The van der Waals surface area contributed by atoms with Crippen LogP contribution in [0.1, 0.15) is 5.56 Å². The number of nitrogens with one attached hydrogen (secondary N) is 1. The summed E-state index contributed by atoms with van der Waals surface area (Å²) in [6.07, 6.45) is 5.15. The lowest BCUT2D eigenvalue weighted by atomic mass is 10.0. The maximum atomic E-state index is 12.2. The fourth-order valence-electron chi connectivity index (χ4n) is 2.88. The summed E-state index contributed by atoms with van der Waals surface area (Å²) in [6, 6.07) is 7.71. The van der Waals surface area contributed by atoms with Crippen LogP contribution in [0.15, 0.2) is 52.2 Å². The molecule has 120 valence electrons. The number of hydrogen-bond acceptors (Lipinski definition) is 3. The van der Waals surface area contributed by atoms with Gasteiger partial charge in [0.15, 0.2) is 5.76 Å². The largest absolute Gasteiger partial charge is 0.356 e. The van der Waals surface area contributed by atoms with Gasteiger partial charge in [0.05, 0.1) is 16.8 Å². The highest BCUT2D eigenvalue weighted by Gasteiger charge is 2.19. The van der Waals surface area contributed by atoms with E-state index in [-0.39, 0.29) is 5.56 Å². The van der Waals surface area contributed by atoms with Crippen molar-refractivity contribution in [1.82, 2.24) is 14.7 Å². The summed E-state index contributed by atoms with van der Waals surface area (Å²) in [4.78, 5) is 15.3. The van der Waals surface area contributed by atoms with Crippen molar-refractivity contribution in [3.63, 3.8) is 0 Å². The molecule has 3 heterocycles. The van der Waals surface area contributed by atoms with Crippen LogP contribution in [-0.2, 0) is 7.05 Å². The van der Waals surface area contributed by atoms with Crippen LogP contribution in [0, 0.1) is 6.92 Å². The van der Waals surface area contributed by atoms with Crippen molar-refractivity contribution in [3.8, 4) is 22.5 Å². The van der Waals surface area contributed by atoms with E-state index >= 15 is 0 Å². The number of halogens is 1. The van der Waals surface area contributed by atoms with Crippen molar-refractivity contribution >= 4 is 22.5 Å². The van der Waals surface area contributed by atoms with Gasteiger partial charge in [0.1, 0.15) is 5.52 Å². The molecule has 0 radical (unpaired) electrons. The molecule has 6 heteroatoms. The van der Waals surface area contributed by atoms with Gasteiger partial charge in [0.2, 0.25) is 0 Å². The Morgan fingerprint density at radius 3 is 2.88 bits per heavy atom. The zero-order chi connectivity index (χ0) is 16.8.